The van der Waals surface area contributed by atoms with Crippen LogP contribution in [0.2, 0.25) is 0 Å². The molecule has 0 aliphatic rings. The lowest BCUT2D eigenvalue weighted by Crippen LogP contribution is -2.52. The number of amides is 1. The molecule has 7 heteroatoms. The van der Waals surface area contributed by atoms with Gasteiger partial charge in [-0.2, -0.15) is 0 Å². The molecular formula is C14H20ClF3N2O. The Balaban J connectivity index is 0.00000400. The van der Waals surface area contributed by atoms with Crippen LogP contribution in [0.4, 0.5) is 13.2 Å². The van der Waals surface area contributed by atoms with E-state index in [9.17, 15) is 18.0 Å². The first kappa shape index (κ1) is 19.7. The van der Waals surface area contributed by atoms with Crippen LogP contribution in [-0.4, -0.2) is 18.0 Å². The van der Waals surface area contributed by atoms with Crippen molar-refractivity contribution in [3.63, 3.8) is 0 Å². The molecule has 1 aromatic carbocycles. The first-order valence-corrected chi connectivity index (χ1v) is 6.35. The minimum absolute atomic E-state index is 0. The van der Waals surface area contributed by atoms with Gasteiger partial charge in [0.1, 0.15) is 0 Å². The van der Waals surface area contributed by atoms with E-state index in [1.807, 2.05) is 13.8 Å². The van der Waals surface area contributed by atoms with Crippen LogP contribution in [0.5, 0.6) is 0 Å². The van der Waals surface area contributed by atoms with E-state index in [4.69, 9.17) is 5.73 Å². The largest absolute Gasteiger partial charge is 0.346 e. The number of benzene rings is 1. The zero-order valence-electron chi connectivity index (χ0n) is 12.2. The van der Waals surface area contributed by atoms with E-state index in [-0.39, 0.29) is 30.4 Å². The van der Waals surface area contributed by atoms with Gasteiger partial charge in [-0.25, -0.2) is 13.2 Å². The Morgan fingerprint density at radius 3 is 2.14 bits per heavy atom. The van der Waals surface area contributed by atoms with Crippen LogP contribution in [-0.2, 0) is 0 Å². The Morgan fingerprint density at radius 2 is 1.76 bits per heavy atom. The van der Waals surface area contributed by atoms with E-state index >= 15 is 0 Å². The minimum atomic E-state index is -1.59. The number of hydrogen-bond acceptors (Lipinski definition) is 2. The highest BCUT2D eigenvalue weighted by Gasteiger charge is 2.27. The van der Waals surface area contributed by atoms with Gasteiger partial charge in [0.2, 0.25) is 0 Å². The monoisotopic (exact) mass is 324 g/mol. The molecular weight excluding hydrogens is 305 g/mol. The fourth-order valence-corrected chi connectivity index (χ4v) is 2.12. The standard InChI is InChI=1S/C14H19F3N2O.ClH/c1-8(2)6-14(3,7-18)19-13(20)9-4-10(15)12(17)11(16)5-9;/h4-5,8H,6-7,18H2,1-3H3,(H,19,20);1H. The molecule has 3 nitrogen and oxygen atoms in total. The van der Waals surface area contributed by atoms with Crippen molar-refractivity contribution in [2.24, 2.45) is 11.7 Å². The van der Waals surface area contributed by atoms with Gasteiger partial charge in [-0.05, 0) is 31.4 Å². The molecule has 0 aliphatic carbocycles. The maximum Gasteiger partial charge on any atom is 0.251 e. The summed E-state index contributed by atoms with van der Waals surface area (Å²) in [5.41, 5.74) is 4.68. The molecule has 0 heterocycles. The third-order valence-corrected chi connectivity index (χ3v) is 2.97. The molecule has 1 rings (SSSR count). The smallest absolute Gasteiger partial charge is 0.251 e. The summed E-state index contributed by atoms with van der Waals surface area (Å²) in [7, 11) is 0. The zero-order valence-corrected chi connectivity index (χ0v) is 13.0. The summed E-state index contributed by atoms with van der Waals surface area (Å²) in [4.78, 5) is 12.0. The number of halogens is 4. The molecule has 1 atom stereocenters. The van der Waals surface area contributed by atoms with E-state index in [1.165, 1.54) is 0 Å². The van der Waals surface area contributed by atoms with Gasteiger partial charge in [-0.3, -0.25) is 4.79 Å². The first-order valence-electron chi connectivity index (χ1n) is 6.35. The molecule has 0 spiro atoms. The fourth-order valence-electron chi connectivity index (χ4n) is 2.12. The van der Waals surface area contributed by atoms with E-state index in [0.717, 1.165) is 0 Å². The number of carbonyl (C=O) groups is 1. The molecule has 0 aliphatic heterocycles. The van der Waals surface area contributed by atoms with Gasteiger partial charge in [-0.15, -0.1) is 12.4 Å². The van der Waals surface area contributed by atoms with Crippen molar-refractivity contribution in [1.82, 2.24) is 5.32 Å². The van der Waals surface area contributed by atoms with Gasteiger partial charge in [0.15, 0.2) is 17.5 Å². The van der Waals surface area contributed by atoms with Crippen LogP contribution in [0.25, 0.3) is 0 Å². The molecule has 0 saturated heterocycles. The highest BCUT2D eigenvalue weighted by Crippen LogP contribution is 2.18. The minimum Gasteiger partial charge on any atom is -0.346 e. The summed E-state index contributed by atoms with van der Waals surface area (Å²) >= 11 is 0. The highest BCUT2D eigenvalue weighted by molar-refractivity contribution is 5.94. The molecule has 0 radical (unpaired) electrons. The normalized spacial score (nSPS) is 13.5. The Hall–Kier alpha value is -1.27. The maximum atomic E-state index is 13.1. The SMILES string of the molecule is CC(C)CC(C)(CN)NC(=O)c1cc(F)c(F)c(F)c1.Cl. The molecule has 0 saturated carbocycles. The van der Waals surface area contributed by atoms with Crippen molar-refractivity contribution < 1.29 is 18.0 Å². The quantitative estimate of drug-likeness (QED) is 0.818. The molecule has 120 valence electrons. The molecule has 1 aromatic rings. The average Bonchev–Trinajstić information content (AvgIpc) is 2.34. The number of hydrogen-bond donors (Lipinski definition) is 2. The third kappa shape index (κ3) is 5.21. The molecule has 0 fully saturated rings. The van der Waals surface area contributed by atoms with Gasteiger partial charge < -0.3 is 11.1 Å². The number of rotatable bonds is 5. The Labute approximate surface area is 128 Å². The van der Waals surface area contributed by atoms with Crippen LogP contribution in [0.3, 0.4) is 0 Å². The second-order valence-electron chi connectivity index (χ2n) is 5.57. The molecule has 1 unspecified atom stereocenters. The Kier molecular flexibility index (Phi) is 7.19. The lowest BCUT2D eigenvalue weighted by atomic mass is 9.90. The maximum absolute atomic E-state index is 13.1. The number of nitrogens with two attached hydrogens (primary N) is 1. The predicted octanol–water partition coefficient (Wildman–Crippen LogP) is 3.02. The van der Waals surface area contributed by atoms with Gasteiger partial charge >= 0.3 is 0 Å². The molecule has 0 aromatic heterocycles. The van der Waals surface area contributed by atoms with Gasteiger partial charge in [0.05, 0.1) is 0 Å². The topological polar surface area (TPSA) is 55.1 Å². The summed E-state index contributed by atoms with van der Waals surface area (Å²) in [5, 5.41) is 2.64. The summed E-state index contributed by atoms with van der Waals surface area (Å²) < 4.78 is 39.1. The van der Waals surface area contributed by atoms with Gasteiger partial charge in [0, 0.05) is 17.6 Å². The zero-order chi connectivity index (χ0) is 15.5. The van der Waals surface area contributed by atoms with Gasteiger partial charge in [-0.1, -0.05) is 13.8 Å². The summed E-state index contributed by atoms with van der Waals surface area (Å²) in [5.74, 6) is -4.78. The lowest BCUT2D eigenvalue weighted by Gasteiger charge is -2.31. The highest BCUT2D eigenvalue weighted by atomic mass is 35.5. The van der Waals surface area contributed by atoms with E-state index in [0.29, 0.717) is 18.6 Å². The summed E-state index contributed by atoms with van der Waals surface area (Å²) in [6, 6.07) is 1.33. The predicted molar refractivity (Wildman–Crippen MR) is 77.9 cm³/mol. The summed E-state index contributed by atoms with van der Waals surface area (Å²) in [6.45, 7) is 5.87. The van der Waals surface area contributed by atoms with Crippen LogP contribution in [0.1, 0.15) is 37.6 Å². The lowest BCUT2D eigenvalue weighted by molar-refractivity contribution is 0.0897. The number of carbonyl (C=O) groups excluding carboxylic acids is 1. The molecule has 1 amide bonds. The van der Waals surface area contributed by atoms with Crippen LogP contribution in [0, 0.1) is 23.4 Å². The van der Waals surface area contributed by atoms with Crippen molar-refractivity contribution in [3.8, 4) is 0 Å². The second-order valence-corrected chi connectivity index (χ2v) is 5.57. The van der Waals surface area contributed by atoms with E-state index < -0.39 is 28.9 Å². The molecule has 21 heavy (non-hydrogen) atoms. The van der Waals surface area contributed by atoms with Crippen LogP contribution < -0.4 is 11.1 Å². The Bertz CT molecular complexity index is 488. The van der Waals surface area contributed by atoms with Crippen molar-refractivity contribution in [3.05, 3.63) is 35.1 Å². The van der Waals surface area contributed by atoms with Gasteiger partial charge in [0.25, 0.3) is 5.91 Å². The third-order valence-electron chi connectivity index (χ3n) is 2.97. The van der Waals surface area contributed by atoms with Crippen molar-refractivity contribution in [2.75, 3.05) is 6.54 Å². The van der Waals surface area contributed by atoms with Crippen molar-refractivity contribution >= 4 is 18.3 Å². The molecule has 3 N–H and O–H groups in total. The first-order chi connectivity index (χ1) is 9.18. The van der Waals surface area contributed by atoms with E-state index in [1.54, 1.807) is 6.92 Å². The average molecular weight is 325 g/mol. The second kappa shape index (κ2) is 7.66. The Morgan fingerprint density at radius 1 is 1.29 bits per heavy atom. The van der Waals surface area contributed by atoms with E-state index in [2.05, 4.69) is 5.32 Å². The molecule has 0 bridgehead atoms. The van der Waals surface area contributed by atoms with Crippen LogP contribution in [0.15, 0.2) is 12.1 Å². The van der Waals surface area contributed by atoms with Crippen LogP contribution >= 0.6 is 12.4 Å². The fraction of sp³-hybridized carbons (Fsp3) is 0.500. The van der Waals surface area contributed by atoms with Crippen molar-refractivity contribution in [2.45, 2.75) is 32.7 Å². The van der Waals surface area contributed by atoms with Crippen molar-refractivity contribution in [1.29, 1.82) is 0 Å². The summed E-state index contributed by atoms with van der Waals surface area (Å²) in [6.07, 6.45) is 0.612. The number of nitrogens with one attached hydrogen (secondary N) is 1.